The molecule has 0 atom stereocenters. The Balaban J connectivity index is 3.11. The molecule has 98 valence electrons. The molecule has 0 fully saturated rings. The molecule has 0 unspecified atom stereocenters. The van der Waals surface area contributed by atoms with Crippen LogP contribution in [0.3, 0.4) is 0 Å². The zero-order valence-corrected chi connectivity index (χ0v) is 10.0. The monoisotopic (exact) mass is 296 g/mol. The van der Waals surface area contributed by atoms with E-state index in [0.29, 0.717) is 0 Å². The average molecular weight is 297 g/mol. The minimum atomic E-state index is -4.26. The van der Waals surface area contributed by atoms with Gasteiger partial charge in [-0.1, -0.05) is 0 Å². The molecule has 0 spiro atoms. The van der Waals surface area contributed by atoms with E-state index in [-0.39, 0.29) is 5.56 Å². The summed E-state index contributed by atoms with van der Waals surface area (Å²) in [6, 6.07) is 2.66. The van der Waals surface area contributed by atoms with E-state index in [1.165, 1.54) is 0 Å². The first-order valence-electron chi connectivity index (χ1n) is 4.21. The highest BCUT2D eigenvalue weighted by Gasteiger charge is 2.17. The lowest BCUT2D eigenvalue weighted by Gasteiger charge is -2.01. The molecule has 0 aliphatic carbocycles. The molecule has 9 nitrogen and oxygen atoms in total. The maximum Gasteiger partial charge on any atom is 0.355 e. The van der Waals surface area contributed by atoms with Gasteiger partial charge in [0.1, 0.15) is 0 Å². The summed E-state index contributed by atoms with van der Waals surface area (Å²) in [6.07, 6.45) is 0. The summed E-state index contributed by atoms with van der Waals surface area (Å²) < 4.78 is 25.2. The lowest BCUT2D eigenvalue weighted by atomic mass is 10.2. The Bertz CT molecular complexity index is 568. The molecule has 0 aliphatic heterocycles. The molecule has 0 saturated carbocycles. The van der Waals surface area contributed by atoms with Crippen LogP contribution in [0.25, 0.3) is 0 Å². The van der Waals surface area contributed by atoms with Crippen LogP contribution in [-0.4, -0.2) is 18.3 Å². The molecule has 11 heteroatoms. The molecule has 0 saturated heterocycles. The molecule has 1 rings (SSSR count). The molecule has 0 N–H and O–H groups in total. The van der Waals surface area contributed by atoms with Crippen molar-refractivity contribution in [2.24, 2.45) is 0 Å². The normalized spacial score (nSPS) is 11.2. The largest absolute Gasteiger partial charge is 0.355 e. The van der Waals surface area contributed by atoms with Crippen molar-refractivity contribution >= 4 is 31.4 Å². The van der Waals surface area contributed by atoms with Crippen LogP contribution in [0, 0.1) is 20.2 Å². The van der Waals surface area contributed by atoms with Crippen LogP contribution in [0.1, 0.15) is 5.56 Å². The molecule has 0 aromatic heterocycles. The second-order valence-corrected chi connectivity index (χ2v) is 5.18. The van der Waals surface area contributed by atoms with E-state index in [1.54, 1.807) is 0 Å². The minimum absolute atomic E-state index is 0.0554. The maximum atomic E-state index is 10.5. The van der Waals surface area contributed by atoms with E-state index in [4.69, 9.17) is 10.7 Å². The van der Waals surface area contributed by atoms with E-state index >= 15 is 0 Å². The highest BCUT2D eigenvalue weighted by atomic mass is 35.7. The van der Waals surface area contributed by atoms with Gasteiger partial charge < -0.3 is 0 Å². The highest BCUT2D eigenvalue weighted by molar-refractivity contribution is 8.09. The van der Waals surface area contributed by atoms with Gasteiger partial charge in [-0.2, -0.15) is 8.42 Å². The number of nitro benzene ring substituents is 2. The second kappa shape index (κ2) is 5.25. The number of hydrogen-bond donors (Lipinski definition) is 0. The number of hydrogen-bond acceptors (Lipinski definition) is 7. The van der Waals surface area contributed by atoms with Crippen molar-refractivity contribution in [3.63, 3.8) is 0 Å². The lowest BCUT2D eigenvalue weighted by molar-refractivity contribution is -0.394. The topological polar surface area (TPSA) is 130 Å². The molecule has 18 heavy (non-hydrogen) atoms. The summed E-state index contributed by atoms with van der Waals surface area (Å²) in [7, 11) is 0.514. The van der Waals surface area contributed by atoms with Crippen LogP contribution in [-0.2, 0) is 20.1 Å². The number of nitrogens with zero attached hydrogens (tertiary/aromatic N) is 2. The zero-order valence-electron chi connectivity index (χ0n) is 8.48. The predicted molar refractivity (Wildman–Crippen MR) is 59.3 cm³/mol. The Morgan fingerprint density at radius 2 is 1.56 bits per heavy atom. The summed E-state index contributed by atoms with van der Waals surface area (Å²) in [5.74, 6) is 0. The van der Waals surface area contributed by atoms with Crippen molar-refractivity contribution in [2.75, 3.05) is 0 Å². The number of nitro groups is 2. The third-order valence-corrected chi connectivity index (χ3v) is 2.42. The summed E-state index contributed by atoms with van der Waals surface area (Å²) in [5, 5.41) is 21.1. The van der Waals surface area contributed by atoms with Gasteiger partial charge in [-0.25, -0.2) is 0 Å². The van der Waals surface area contributed by atoms with Crippen molar-refractivity contribution in [2.45, 2.75) is 6.61 Å². The van der Waals surface area contributed by atoms with Crippen LogP contribution in [0.4, 0.5) is 11.4 Å². The SMILES string of the molecule is O=[N+]([O-])c1cc(COS(=O)(=O)Cl)cc([N+](=O)[O-])c1. The van der Waals surface area contributed by atoms with Gasteiger partial charge in [0.05, 0.1) is 22.5 Å². The van der Waals surface area contributed by atoms with E-state index in [0.717, 1.165) is 18.2 Å². The van der Waals surface area contributed by atoms with Crippen LogP contribution < -0.4 is 0 Å². The van der Waals surface area contributed by atoms with Gasteiger partial charge in [0.15, 0.2) is 0 Å². The molecule has 0 amide bonds. The Morgan fingerprint density at radius 3 is 1.89 bits per heavy atom. The Morgan fingerprint density at radius 1 is 1.11 bits per heavy atom. The lowest BCUT2D eigenvalue weighted by Crippen LogP contribution is -2.00. The molecular formula is C7H5ClN2O7S. The predicted octanol–water partition coefficient (Wildman–Crippen LogP) is 1.50. The van der Waals surface area contributed by atoms with Crippen LogP contribution >= 0.6 is 10.7 Å². The standard InChI is InChI=1S/C7H5ClN2O7S/c8-18(15,16)17-4-5-1-6(9(11)12)3-7(2-5)10(13)14/h1-3H,4H2. The van der Waals surface area contributed by atoms with Gasteiger partial charge in [-0.15, -0.1) is 0 Å². The van der Waals surface area contributed by atoms with Crippen LogP contribution in [0.2, 0.25) is 0 Å². The van der Waals surface area contributed by atoms with E-state index in [1.807, 2.05) is 0 Å². The third kappa shape index (κ3) is 4.24. The average Bonchev–Trinajstić information content (AvgIpc) is 2.25. The maximum absolute atomic E-state index is 10.5. The van der Waals surface area contributed by atoms with E-state index < -0.39 is 37.2 Å². The first-order chi connectivity index (χ1) is 8.19. The van der Waals surface area contributed by atoms with E-state index in [2.05, 4.69) is 4.18 Å². The molecule has 1 aromatic carbocycles. The van der Waals surface area contributed by atoms with Crippen LogP contribution in [0.15, 0.2) is 18.2 Å². The number of rotatable bonds is 5. The number of benzene rings is 1. The van der Waals surface area contributed by atoms with Gasteiger partial charge in [-0.3, -0.25) is 24.4 Å². The minimum Gasteiger partial charge on any atom is -0.258 e. The highest BCUT2D eigenvalue weighted by Crippen LogP contribution is 2.23. The van der Waals surface area contributed by atoms with Crippen LogP contribution in [0.5, 0.6) is 0 Å². The van der Waals surface area contributed by atoms with Crippen molar-refractivity contribution < 1.29 is 22.4 Å². The number of halogens is 1. The fourth-order valence-corrected chi connectivity index (χ4v) is 1.50. The summed E-state index contributed by atoms with van der Waals surface area (Å²) in [4.78, 5) is 19.4. The third-order valence-electron chi connectivity index (χ3n) is 1.75. The van der Waals surface area contributed by atoms with Gasteiger partial charge in [-0.05, 0) is 5.56 Å². The van der Waals surface area contributed by atoms with E-state index in [9.17, 15) is 28.6 Å². The van der Waals surface area contributed by atoms with Gasteiger partial charge >= 0.3 is 9.33 Å². The first kappa shape index (κ1) is 14.3. The molecular weight excluding hydrogens is 292 g/mol. The molecule has 0 bridgehead atoms. The Labute approximate surface area is 105 Å². The first-order valence-corrected chi connectivity index (χ1v) is 6.44. The molecule has 0 heterocycles. The Kier molecular flexibility index (Phi) is 4.16. The van der Waals surface area contributed by atoms with Gasteiger partial charge in [0, 0.05) is 22.8 Å². The van der Waals surface area contributed by atoms with Gasteiger partial charge in [0.25, 0.3) is 11.4 Å². The summed E-state index contributed by atoms with van der Waals surface area (Å²) in [6.45, 7) is -0.631. The molecule has 0 aliphatic rings. The fraction of sp³-hybridized carbons (Fsp3) is 0.143. The Hall–Kier alpha value is -1.78. The quantitative estimate of drug-likeness (QED) is 0.457. The summed E-state index contributed by atoms with van der Waals surface area (Å²) in [5.41, 5.74) is -1.15. The second-order valence-electron chi connectivity index (χ2n) is 3.03. The molecule has 0 radical (unpaired) electrons. The van der Waals surface area contributed by atoms with Crippen molar-refractivity contribution in [1.29, 1.82) is 0 Å². The van der Waals surface area contributed by atoms with Crippen molar-refractivity contribution in [3.8, 4) is 0 Å². The zero-order chi connectivity index (χ0) is 13.9. The summed E-state index contributed by atoms with van der Waals surface area (Å²) >= 11 is 0. The fourth-order valence-electron chi connectivity index (χ4n) is 1.09. The van der Waals surface area contributed by atoms with Crippen molar-refractivity contribution in [3.05, 3.63) is 44.0 Å². The van der Waals surface area contributed by atoms with Gasteiger partial charge in [0.2, 0.25) is 0 Å². The smallest absolute Gasteiger partial charge is 0.258 e. The number of non-ortho nitro benzene ring substituents is 2. The van der Waals surface area contributed by atoms with Crippen molar-refractivity contribution in [1.82, 2.24) is 0 Å². The molecule has 1 aromatic rings.